The van der Waals surface area contributed by atoms with Crippen LogP contribution >= 0.6 is 0 Å². The zero-order chi connectivity index (χ0) is 14.3. The quantitative estimate of drug-likeness (QED) is 0.784. The van der Waals surface area contributed by atoms with Crippen LogP contribution in [0.25, 0.3) is 22.5 Å². The largest absolute Gasteiger partial charge is 0.420 e. The Hall–Kier alpha value is -2.17. The van der Waals surface area contributed by atoms with Gasteiger partial charge in [-0.3, -0.25) is 0 Å². The van der Waals surface area contributed by atoms with E-state index in [1.807, 2.05) is 32.0 Å². The van der Waals surface area contributed by atoms with Gasteiger partial charge in [0.25, 0.3) is 0 Å². The molecule has 2 heterocycles. The van der Waals surface area contributed by atoms with Crippen LogP contribution in [0.15, 0.2) is 22.6 Å². The molecule has 1 N–H and O–H groups in total. The average Bonchev–Trinajstić information content (AvgIpc) is 3.04. The van der Waals surface area contributed by atoms with Crippen LogP contribution in [0.1, 0.15) is 51.2 Å². The molecular formula is C15H18N4O. The highest BCUT2D eigenvalue weighted by Crippen LogP contribution is 2.25. The van der Waals surface area contributed by atoms with Gasteiger partial charge in [-0.25, -0.2) is 4.98 Å². The first-order chi connectivity index (χ1) is 9.54. The lowest BCUT2D eigenvalue weighted by Crippen LogP contribution is -1.88. The van der Waals surface area contributed by atoms with E-state index in [9.17, 15) is 0 Å². The van der Waals surface area contributed by atoms with E-state index >= 15 is 0 Å². The number of nitrogens with zero attached hydrogens (tertiary/aromatic N) is 3. The maximum absolute atomic E-state index is 5.67. The molecule has 5 nitrogen and oxygen atoms in total. The second-order valence-corrected chi connectivity index (χ2v) is 5.61. The predicted octanol–water partition coefficient (Wildman–Crippen LogP) is 3.86. The minimum Gasteiger partial charge on any atom is -0.420 e. The lowest BCUT2D eigenvalue weighted by molar-refractivity contribution is 0.481. The predicted molar refractivity (Wildman–Crippen MR) is 77.6 cm³/mol. The topological polar surface area (TPSA) is 67.6 Å². The number of H-pyrrole nitrogens is 1. The summed E-state index contributed by atoms with van der Waals surface area (Å²) in [5.74, 6) is 2.81. The molecule has 0 aliphatic rings. The second kappa shape index (κ2) is 4.74. The lowest BCUT2D eigenvalue weighted by Gasteiger charge is -1.96. The van der Waals surface area contributed by atoms with Gasteiger partial charge in [0.1, 0.15) is 5.82 Å². The van der Waals surface area contributed by atoms with Crippen LogP contribution in [0.4, 0.5) is 0 Å². The Labute approximate surface area is 117 Å². The van der Waals surface area contributed by atoms with Crippen LogP contribution in [-0.2, 0) is 0 Å². The van der Waals surface area contributed by atoms with Crippen LogP contribution < -0.4 is 0 Å². The van der Waals surface area contributed by atoms with Gasteiger partial charge in [0.2, 0.25) is 11.8 Å². The Morgan fingerprint density at radius 1 is 1.05 bits per heavy atom. The Kier molecular flexibility index (Phi) is 3.04. The van der Waals surface area contributed by atoms with Crippen molar-refractivity contribution in [3.63, 3.8) is 0 Å². The highest BCUT2D eigenvalue weighted by molar-refractivity contribution is 5.80. The molecule has 0 aliphatic carbocycles. The van der Waals surface area contributed by atoms with E-state index in [2.05, 4.69) is 34.0 Å². The Bertz CT molecular complexity index is 739. The number of fused-ring (bicyclic) bond motifs is 1. The second-order valence-electron chi connectivity index (χ2n) is 5.61. The molecule has 0 radical (unpaired) electrons. The fraction of sp³-hybridized carbons (Fsp3) is 0.400. The van der Waals surface area contributed by atoms with E-state index in [1.54, 1.807) is 0 Å². The summed E-state index contributed by atoms with van der Waals surface area (Å²) in [7, 11) is 0. The van der Waals surface area contributed by atoms with E-state index in [0.717, 1.165) is 22.4 Å². The van der Waals surface area contributed by atoms with E-state index in [4.69, 9.17) is 4.42 Å². The first kappa shape index (κ1) is 12.8. The molecule has 0 unspecified atom stereocenters. The third-order valence-corrected chi connectivity index (χ3v) is 3.23. The maximum Gasteiger partial charge on any atom is 0.247 e. The van der Waals surface area contributed by atoms with Gasteiger partial charge in [0, 0.05) is 17.4 Å². The number of hydrogen-bond donors (Lipinski definition) is 1. The molecule has 0 amide bonds. The summed E-state index contributed by atoms with van der Waals surface area (Å²) in [6, 6.07) is 5.96. The molecule has 3 rings (SSSR count). The Balaban J connectivity index is 2.03. The summed E-state index contributed by atoms with van der Waals surface area (Å²) in [6.07, 6.45) is 0. The van der Waals surface area contributed by atoms with E-state index < -0.39 is 0 Å². The van der Waals surface area contributed by atoms with Gasteiger partial charge in [0.05, 0.1) is 11.0 Å². The molecule has 0 saturated heterocycles. The average molecular weight is 270 g/mol. The Morgan fingerprint density at radius 2 is 1.85 bits per heavy atom. The van der Waals surface area contributed by atoms with E-state index in [1.165, 1.54) is 0 Å². The lowest BCUT2D eigenvalue weighted by atomic mass is 10.2. The summed E-state index contributed by atoms with van der Waals surface area (Å²) in [5.41, 5.74) is 2.86. The highest BCUT2D eigenvalue weighted by Gasteiger charge is 2.13. The zero-order valence-corrected chi connectivity index (χ0v) is 12.1. The standard InChI is InChI=1S/C15H18N4O/c1-8(2)13-16-11-6-5-10(7-12(11)17-13)15-19-18-14(20-15)9(3)4/h5-9H,1-4H3,(H,16,17). The van der Waals surface area contributed by atoms with Crippen molar-refractivity contribution < 1.29 is 4.42 Å². The van der Waals surface area contributed by atoms with Crippen molar-refractivity contribution in [2.24, 2.45) is 0 Å². The fourth-order valence-electron chi connectivity index (χ4n) is 2.02. The number of rotatable bonds is 3. The van der Waals surface area contributed by atoms with Crippen molar-refractivity contribution in [2.45, 2.75) is 39.5 Å². The van der Waals surface area contributed by atoms with E-state index in [0.29, 0.717) is 17.7 Å². The van der Waals surface area contributed by atoms with Crippen molar-refractivity contribution in [3.05, 3.63) is 29.9 Å². The Morgan fingerprint density at radius 3 is 2.50 bits per heavy atom. The van der Waals surface area contributed by atoms with Crippen LogP contribution in [0.5, 0.6) is 0 Å². The van der Waals surface area contributed by atoms with Crippen molar-refractivity contribution in [1.82, 2.24) is 20.2 Å². The first-order valence-corrected chi connectivity index (χ1v) is 6.88. The van der Waals surface area contributed by atoms with Gasteiger partial charge in [-0.2, -0.15) is 0 Å². The maximum atomic E-state index is 5.67. The molecule has 2 aromatic heterocycles. The van der Waals surface area contributed by atoms with Gasteiger partial charge >= 0.3 is 0 Å². The smallest absolute Gasteiger partial charge is 0.247 e. The van der Waals surface area contributed by atoms with Crippen molar-refractivity contribution in [1.29, 1.82) is 0 Å². The zero-order valence-electron chi connectivity index (χ0n) is 12.1. The number of nitrogens with one attached hydrogen (secondary N) is 1. The summed E-state index contributed by atoms with van der Waals surface area (Å²) in [4.78, 5) is 7.91. The highest BCUT2D eigenvalue weighted by atomic mass is 16.4. The molecule has 0 saturated carbocycles. The monoisotopic (exact) mass is 270 g/mol. The number of benzene rings is 1. The fourth-order valence-corrected chi connectivity index (χ4v) is 2.02. The molecule has 0 spiro atoms. The van der Waals surface area contributed by atoms with Gasteiger partial charge in [0.15, 0.2) is 0 Å². The number of aromatic amines is 1. The first-order valence-electron chi connectivity index (χ1n) is 6.88. The van der Waals surface area contributed by atoms with Gasteiger partial charge in [-0.15, -0.1) is 10.2 Å². The molecule has 20 heavy (non-hydrogen) atoms. The van der Waals surface area contributed by atoms with Crippen LogP contribution in [0.2, 0.25) is 0 Å². The van der Waals surface area contributed by atoms with Crippen LogP contribution in [0.3, 0.4) is 0 Å². The molecular weight excluding hydrogens is 252 g/mol. The van der Waals surface area contributed by atoms with Crippen LogP contribution in [0, 0.1) is 0 Å². The van der Waals surface area contributed by atoms with Gasteiger partial charge in [-0.1, -0.05) is 27.7 Å². The van der Waals surface area contributed by atoms with E-state index in [-0.39, 0.29) is 5.92 Å². The van der Waals surface area contributed by atoms with Gasteiger partial charge in [-0.05, 0) is 18.2 Å². The molecule has 0 bridgehead atoms. The summed E-state index contributed by atoms with van der Waals surface area (Å²) >= 11 is 0. The third kappa shape index (κ3) is 2.19. The summed E-state index contributed by atoms with van der Waals surface area (Å²) < 4.78 is 5.67. The molecule has 3 aromatic rings. The van der Waals surface area contributed by atoms with Crippen molar-refractivity contribution >= 4 is 11.0 Å². The molecule has 0 fully saturated rings. The minimum atomic E-state index is 0.234. The molecule has 0 aliphatic heterocycles. The van der Waals surface area contributed by atoms with Crippen LogP contribution in [-0.4, -0.2) is 20.2 Å². The van der Waals surface area contributed by atoms with Gasteiger partial charge < -0.3 is 9.40 Å². The van der Waals surface area contributed by atoms with Crippen molar-refractivity contribution in [3.8, 4) is 11.5 Å². The molecule has 1 aromatic carbocycles. The normalized spacial score (nSPS) is 11.9. The molecule has 0 atom stereocenters. The summed E-state index contributed by atoms with van der Waals surface area (Å²) in [5, 5.41) is 8.16. The number of imidazole rings is 1. The SMILES string of the molecule is CC(C)c1nc2cc(-c3nnc(C(C)C)o3)ccc2[nH]1. The molecule has 104 valence electrons. The summed E-state index contributed by atoms with van der Waals surface area (Å²) in [6.45, 7) is 8.29. The molecule has 5 heteroatoms. The third-order valence-electron chi connectivity index (χ3n) is 3.23. The van der Waals surface area contributed by atoms with Crippen molar-refractivity contribution in [2.75, 3.05) is 0 Å². The number of hydrogen-bond acceptors (Lipinski definition) is 4. The number of aromatic nitrogens is 4. The minimum absolute atomic E-state index is 0.234.